The van der Waals surface area contributed by atoms with Crippen LogP contribution in [0.3, 0.4) is 0 Å². The Morgan fingerprint density at radius 2 is 2.27 bits per heavy atom. The molecule has 0 saturated heterocycles. The maximum Gasteiger partial charge on any atom is 0.0896 e. The van der Waals surface area contributed by atoms with Crippen LogP contribution in [0, 0.1) is 6.92 Å². The van der Waals surface area contributed by atoms with Gasteiger partial charge in [0, 0.05) is 21.8 Å². The summed E-state index contributed by atoms with van der Waals surface area (Å²) in [5.41, 5.74) is 0.228. The van der Waals surface area contributed by atoms with E-state index >= 15 is 0 Å². The molecule has 0 aliphatic carbocycles. The minimum absolute atomic E-state index is 0.228. The van der Waals surface area contributed by atoms with Gasteiger partial charge < -0.3 is 0 Å². The summed E-state index contributed by atoms with van der Waals surface area (Å²) in [5, 5.41) is 2.13. The Labute approximate surface area is 80.0 Å². The van der Waals surface area contributed by atoms with Crippen molar-refractivity contribution in [1.29, 1.82) is 0 Å². The van der Waals surface area contributed by atoms with Crippen LogP contribution in [-0.2, 0) is 5.41 Å². The number of hydrogen-bond acceptors (Lipinski definition) is 2. The number of nitrogens with zero attached hydrogens (tertiary/aromatic N) is 1. The van der Waals surface area contributed by atoms with Crippen LogP contribution in [-0.4, -0.2) is 10.3 Å². The molecule has 1 aromatic rings. The van der Waals surface area contributed by atoms with Crippen molar-refractivity contribution in [1.82, 2.24) is 4.98 Å². The highest BCUT2D eigenvalue weighted by molar-refractivity contribution is 9.09. The van der Waals surface area contributed by atoms with Crippen molar-refractivity contribution in [3.8, 4) is 0 Å². The van der Waals surface area contributed by atoms with E-state index in [1.165, 1.54) is 4.88 Å². The van der Waals surface area contributed by atoms with Gasteiger partial charge in [-0.25, -0.2) is 4.98 Å². The minimum atomic E-state index is 0.228. The van der Waals surface area contributed by atoms with Crippen molar-refractivity contribution in [3.63, 3.8) is 0 Å². The first-order valence-corrected chi connectivity index (χ1v) is 5.49. The summed E-state index contributed by atoms with van der Waals surface area (Å²) < 4.78 is 0. The molecule has 0 radical (unpaired) electrons. The molecule has 0 aliphatic heterocycles. The molecule has 0 aliphatic rings. The summed E-state index contributed by atoms with van der Waals surface area (Å²) in [5.74, 6) is 0. The lowest BCUT2D eigenvalue weighted by atomic mass is 9.95. The summed E-state index contributed by atoms with van der Waals surface area (Å²) in [6.45, 7) is 6.47. The zero-order chi connectivity index (χ0) is 8.48. The second-order valence-electron chi connectivity index (χ2n) is 3.26. The quantitative estimate of drug-likeness (QED) is 0.716. The van der Waals surface area contributed by atoms with Gasteiger partial charge in [0.2, 0.25) is 0 Å². The molecular formula is C8H12BrNS. The molecule has 11 heavy (non-hydrogen) atoms. The monoisotopic (exact) mass is 233 g/mol. The van der Waals surface area contributed by atoms with Crippen LogP contribution >= 0.6 is 27.3 Å². The van der Waals surface area contributed by atoms with E-state index in [0.717, 1.165) is 10.3 Å². The van der Waals surface area contributed by atoms with Crippen LogP contribution in [0.15, 0.2) is 6.20 Å². The molecule has 3 heteroatoms. The van der Waals surface area contributed by atoms with Gasteiger partial charge in [0.1, 0.15) is 0 Å². The Bertz CT molecular complexity index is 242. The molecule has 1 rings (SSSR count). The van der Waals surface area contributed by atoms with Crippen molar-refractivity contribution in [2.45, 2.75) is 26.2 Å². The highest BCUT2D eigenvalue weighted by Gasteiger charge is 2.20. The maximum absolute atomic E-state index is 4.23. The Hall–Kier alpha value is 0.110. The molecule has 0 unspecified atom stereocenters. The summed E-state index contributed by atoms with van der Waals surface area (Å²) in [7, 11) is 0. The fourth-order valence-electron chi connectivity index (χ4n) is 0.740. The molecule has 0 saturated carbocycles. The Balaban J connectivity index is 2.92. The van der Waals surface area contributed by atoms with Gasteiger partial charge in [-0.3, -0.25) is 0 Å². The third-order valence-electron chi connectivity index (χ3n) is 1.62. The third-order valence-corrected chi connectivity index (χ3v) is 4.30. The Morgan fingerprint density at radius 3 is 2.64 bits per heavy atom. The summed E-state index contributed by atoms with van der Waals surface area (Å²) in [6.07, 6.45) is 1.97. The predicted molar refractivity (Wildman–Crippen MR) is 53.7 cm³/mol. The van der Waals surface area contributed by atoms with Crippen molar-refractivity contribution >= 4 is 27.3 Å². The van der Waals surface area contributed by atoms with Crippen LogP contribution in [0.4, 0.5) is 0 Å². The maximum atomic E-state index is 4.23. The molecule has 1 aromatic heterocycles. The second-order valence-corrected chi connectivity index (χ2v) is 5.06. The highest BCUT2D eigenvalue weighted by atomic mass is 79.9. The van der Waals surface area contributed by atoms with Crippen LogP contribution < -0.4 is 0 Å². The standard InChI is InChI=1S/C8H12BrNS/c1-6-10-4-7(11-6)8(2,3)5-9/h4H,5H2,1-3H3. The number of aryl methyl sites for hydroxylation is 1. The summed E-state index contributed by atoms with van der Waals surface area (Å²) >= 11 is 5.27. The highest BCUT2D eigenvalue weighted by Crippen LogP contribution is 2.29. The van der Waals surface area contributed by atoms with Crippen LogP contribution in [0.1, 0.15) is 23.7 Å². The predicted octanol–water partition coefficient (Wildman–Crippen LogP) is 3.12. The number of halogens is 1. The fourth-order valence-corrected chi connectivity index (χ4v) is 2.11. The van der Waals surface area contributed by atoms with E-state index < -0.39 is 0 Å². The van der Waals surface area contributed by atoms with Crippen LogP contribution in [0.2, 0.25) is 0 Å². The average molecular weight is 234 g/mol. The molecule has 0 bridgehead atoms. The lowest BCUT2D eigenvalue weighted by Gasteiger charge is -2.18. The van der Waals surface area contributed by atoms with E-state index in [1.54, 1.807) is 11.3 Å². The molecule has 0 fully saturated rings. The van der Waals surface area contributed by atoms with Gasteiger partial charge in [0.15, 0.2) is 0 Å². The van der Waals surface area contributed by atoms with E-state index in [9.17, 15) is 0 Å². The zero-order valence-corrected chi connectivity index (χ0v) is 9.42. The smallest absolute Gasteiger partial charge is 0.0896 e. The van der Waals surface area contributed by atoms with Crippen molar-refractivity contribution in [2.24, 2.45) is 0 Å². The van der Waals surface area contributed by atoms with E-state index in [2.05, 4.69) is 34.8 Å². The summed E-state index contributed by atoms with van der Waals surface area (Å²) in [4.78, 5) is 5.58. The second kappa shape index (κ2) is 3.23. The van der Waals surface area contributed by atoms with E-state index in [1.807, 2.05) is 13.1 Å². The Morgan fingerprint density at radius 1 is 1.64 bits per heavy atom. The first-order chi connectivity index (χ1) is 5.06. The number of thiazole rings is 1. The third kappa shape index (κ3) is 2.03. The SMILES string of the molecule is Cc1ncc(C(C)(C)CBr)s1. The van der Waals surface area contributed by atoms with Gasteiger partial charge in [-0.2, -0.15) is 0 Å². The molecular weight excluding hydrogens is 222 g/mol. The first-order valence-electron chi connectivity index (χ1n) is 3.55. The van der Waals surface area contributed by atoms with Gasteiger partial charge in [-0.1, -0.05) is 29.8 Å². The number of alkyl halides is 1. The first kappa shape index (κ1) is 9.20. The molecule has 1 nitrogen and oxygen atoms in total. The van der Waals surface area contributed by atoms with Crippen LogP contribution in [0.5, 0.6) is 0 Å². The van der Waals surface area contributed by atoms with E-state index in [4.69, 9.17) is 0 Å². The fraction of sp³-hybridized carbons (Fsp3) is 0.625. The van der Waals surface area contributed by atoms with Crippen molar-refractivity contribution in [3.05, 3.63) is 16.1 Å². The lowest BCUT2D eigenvalue weighted by molar-refractivity contribution is 0.619. The molecule has 0 aromatic carbocycles. The normalized spacial score (nSPS) is 12.0. The molecule has 0 spiro atoms. The topological polar surface area (TPSA) is 12.9 Å². The van der Waals surface area contributed by atoms with Crippen molar-refractivity contribution in [2.75, 3.05) is 5.33 Å². The molecule has 0 N–H and O–H groups in total. The van der Waals surface area contributed by atoms with Gasteiger partial charge in [-0.05, 0) is 6.92 Å². The molecule has 1 heterocycles. The van der Waals surface area contributed by atoms with Crippen molar-refractivity contribution < 1.29 is 0 Å². The minimum Gasteiger partial charge on any atom is -0.250 e. The van der Waals surface area contributed by atoms with Gasteiger partial charge in [0.05, 0.1) is 5.01 Å². The van der Waals surface area contributed by atoms with E-state index in [-0.39, 0.29) is 5.41 Å². The number of hydrogen-bond donors (Lipinski definition) is 0. The largest absolute Gasteiger partial charge is 0.250 e. The number of rotatable bonds is 2. The molecule has 0 amide bonds. The average Bonchev–Trinajstić information content (AvgIpc) is 2.36. The van der Waals surface area contributed by atoms with Gasteiger partial charge in [0.25, 0.3) is 0 Å². The van der Waals surface area contributed by atoms with Crippen LogP contribution in [0.25, 0.3) is 0 Å². The molecule has 0 atom stereocenters. The number of aromatic nitrogens is 1. The van der Waals surface area contributed by atoms with Gasteiger partial charge >= 0.3 is 0 Å². The van der Waals surface area contributed by atoms with Gasteiger partial charge in [-0.15, -0.1) is 11.3 Å². The molecule has 62 valence electrons. The zero-order valence-electron chi connectivity index (χ0n) is 7.02. The summed E-state index contributed by atoms with van der Waals surface area (Å²) in [6, 6.07) is 0. The van der Waals surface area contributed by atoms with E-state index in [0.29, 0.717) is 0 Å². The lowest BCUT2D eigenvalue weighted by Crippen LogP contribution is -2.16. The Kier molecular flexibility index (Phi) is 2.70.